The largest absolute Gasteiger partial charge is 0.481 e. The Hall–Kier alpha value is -0.940. The molecular formula is C16H21BrFNO2. The van der Waals surface area contributed by atoms with Crippen LogP contribution >= 0.6 is 15.9 Å². The van der Waals surface area contributed by atoms with E-state index in [0.717, 1.165) is 36.0 Å². The summed E-state index contributed by atoms with van der Waals surface area (Å²) in [5, 5.41) is 9.49. The van der Waals surface area contributed by atoms with Crippen molar-refractivity contribution in [2.24, 2.45) is 5.41 Å². The van der Waals surface area contributed by atoms with Crippen LogP contribution in [-0.2, 0) is 11.3 Å². The van der Waals surface area contributed by atoms with E-state index in [-0.39, 0.29) is 5.82 Å². The number of aliphatic carboxylic acids is 1. The molecule has 5 heteroatoms. The third-order valence-electron chi connectivity index (χ3n) is 4.32. The first-order valence-corrected chi connectivity index (χ1v) is 8.15. The van der Waals surface area contributed by atoms with Gasteiger partial charge in [0.05, 0.1) is 5.41 Å². The van der Waals surface area contributed by atoms with E-state index in [4.69, 9.17) is 0 Å². The normalized spacial score (nSPS) is 18.6. The van der Waals surface area contributed by atoms with Gasteiger partial charge in [-0.3, -0.25) is 9.69 Å². The lowest BCUT2D eigenvalue weighted by molar-refractivity contribution is -0.152. The highest BCUT2D eigenvalue weighted by molar-refractivity contribution is 9.10. The van der Waals surface area contributed by atoms with Crippen molar-refractivity contribution in [1.29, 1.82) is 0 Å². The lowest BCUT2D eigenvalue weighted by atomic mass is 9.75. The van der Waals surface area contributed by atoms with Crippen molar-refractivity contribution < 1.29 is 14.3 Å². The fourth-order valence-electron chi connectivity index (χ4n) is 3.15. The highest BCUT2D eigenvalue weighted by atomic mass is 79.9. The number of hydrogen-bond acceptors (Lipinski definition) is 2. The van der Waals surface area contributed by atoms with Crippen LogP contribution in [-0.4, -0.2) is 29.1 Å². The van der Waals surface area contributed by atoms with Gasteiger partial charge >= 0.3 is 5.97 Å². The highest BCUT2D eigenvalue weighted by Crippen LogP contribution is 2.37. The van der Waals surface area contributed by atoms with Crippen molar-refractivity contribution in [3.63, 3.8) is 0 Å². The molecule has 1 heterocycles. The fourth-order valence-corrected chi connectivity index (χ4v) is 3.66. The highest BCUT2D eigenvalue weighted by Gasteiger charge is 2.40. The maximum atomic E-state index is 13.4. The Morgan fingerprint density at radius 2 is 2.05 bits per heavy atom. The standard InChI is InChI=1S/C16H21BrFNO2/c1-2-3-16(15(20)21)4-6-19(7-5-16)11-12-8-13(17)10-14(18)9-12/h8-10H,2-7,11H2,1H3,(H,20,21). The number of carboxylic acids is 1. The molecular weight excluding hydrogens is 337 g/mol. The van der Waals surface area contributed by atoms with Gasteiger partial charge in [0.15, 0.2) is 0 Å². The summed E-state index contributed by atoms with van der Waals surface area (Å²) in [7, 11) is 0. The third-order valence-corrected chi connectivity index (χ3v) is 4.78. The van der Waals surface area contributed by atoms with Gasteiger partial charge in [-0.15, -0.1) is 0 Å². The molecule has 0 atom stereocenters. The predicted octanol–water partition coefficient (Wildman–Crippen LogP) is 4.06. The number of halogens is 2. The zero-order valence-corrected chi connectivity index (χ0v) is 13.8. The lowest BCUT2D eigenvalue weighted by Gasteiger charge is -2.38. The summed E-state index contributed by atoms with van der Waals surface area (Å²) >= 11 is 3.30. The SMILES string of the molecule is CCCC1(C(=O)O)CCN(Cc2cc(F)cc(Br)c2)CC1. The molecule has 3 nitrogen and oxygen atoms in total. The average Bonchev–Trinajstić information content (AvgIpc) is 2.40. The zero-order valence-electron chi connectivity index (χ0n) is 12.2. The smallest absolute Gasteiger partial charge is 0.309 e. The second-order valence-corrected chi connectivity index (χ2v) is 6.81. The van der Waals surface area contributed by atoms with Gasteiger partial charge < -0.3 is 5.11 Å². The molecule has 1 aromatic rings. The van der Waals surface area contributed by atoms with Gasteiger partial charge in [-0.25, -0.2) is 4.39 Å². The van der Waals surface area contributed by atoms with Gasteiger partial charge in [0, 0.05) is 11.0 Å². The van der Waals surface area contributed by atoms with Crippen LogP contribution in [0.3, 0.4) is 0 Å². The topological polar surface area (TPSA) is 40.5 Å². The Balaban J connectivity index is 1.99. The van der Waals surface area contributed by atoms with Crippen LogP contribution in [0.1, 0.15) is 38.2 Å². The summed E-state index contributed by atoms with van der Waals surface area (Å²) in [5.41, 5.74) is 0.355. The molecule has 116 valence electrons. The first kappa shape index (κ1) is 16.4. The number of carboxylic acid groups (broad SMARTS) is 1. The molecule has 21 heavy (non-hydrogen) atoms. The molecule has 0 radical (unpaired) electrons. The van der Waals surface area contributed by atoms with Crippen molar-refractivity contribution in [3.8, 4) is 0 Å². The Labute approximate surface area is 133 Å². The molecule has 0 unspecified atom stereocenters. The van der Waals surface area contributed by atoms with Gasteiger partial charge in [0.25, 0.3) is 0 Å². The number of carbonyl (C=O) groups is 1. The van der Waals surface area contributed by atoms with Gasteiger partial charge in [-0.05, 0) is 56.1 Å². The molecule has 1 N–H and O–H groups in total. The minimum absolute atomic E-state index is 0.248. The van der Waals surface area contributed by atoms with Crippen LogP contribution in [0.4, 0.5) is 4.39 Å². The fraction of sp³-hybridized carbons (Fsp3) is 0.562. The van der Waals surface area contributed by atoms with Gasteiger partial charge in [0.1, 0.15) is 5.82 Å². The lowest BCUT2D eigenvalue weighted by Crippen LogP contribution is -2.44. The molecule has 1 aliphatic rings. The van der Waals surface area contributed by atoms with E-state index in [9.17, 15) is 14.3 Å². The first-order valence-electron chi connectivity index (χ1n) is 7.36. The molecule has 0 saturated carbocycles. The number of likely N-dealkylation sites (tertiary alicyclic amines) is 1. The summed E-state index contributed by atoms with van der Waals surface area (Å²) in [6.07, 6.45) is 2.98. The van der Waals surface area contributed by atoms with Crippen LogP contribution in [0.5, 0.6) is 0 Å². The Kier molecular flexibility index (Phi) is 5.38. The molecule has 0 aliphatic carbocycles. The van der Waals surface area contributed by atoms with Crippen molar-refractivity contribution >= 4 is 21.9 Å². The Morgan fingerprint density at radius 1 is 1.38 bits per heavy atom. The Morgan fingerprint density at radius 3 is 2.57 bits per heavy atom. The van der Waals surface area contributed by atoms with E-state index in [1.165, 1.54) is 12.1 Å². The van der Waals surface area contributed by atoms with Crippen molar-refractivity contribution in [2.75, 3.05) is 13.1 Å². The molecule has 0 spiro atoms. The van der Waals surface area contributed by atoms with Crippen LogP contribution < -0.4 is 0 Å². The van der Waals surface area contributed by atoms with Gasteiger partial charge in [-0.2, -0.15) is 0 Å². The number of nitrogens with zero attached hydrogens (tertiary/aromatic N) is 1. The first-order chi connectivity index (χ1) is 9.95. The van der Waals surface area contributed by atoms with Crippen molar-refractivity contribution in [1.82, 2.24) is 4.90 Å². The number of benzene rings is 1. The van der Waals surface area contributed by atoms with Crippen molar-refractivity contribution in [2.45, 2.75) is 39.2 Å². The third kappa shape index (κ3) is 4.04. The predicted molar refractivity (Wildman–Crippen MR) is 83.6 cm³/mol. The van der Waals surface area contributed by atoms with Crippen LogP contribution in [0.15, 0.2) is 22.7 Å². The van der Waals surface area contributed by atoms with E-state index in [1.54, 1.807) is 0 Å². The zero-order chi connectivity index (χ0) is 15.5. The average molecular weight is 358 g/mol. The van der Waals surface area contributed by atoms with Crippen LogP contribution in [0.2, 0.25) is 0 Å². The van der Waals surface area contributed by atoms with Crippen LogP contribution in [0.25, 0.3) is 0 Å². The summed E-state index contributed by atoms with van der Waals surface area (Å²) in [4.78, 5) is 13.8. The molecule has 1 fully saturated rings. The van der Waals surface area contributed by atoms with Gasteiger partial charge in [0.2, 0.25) is 0 Å². The van der Waals surface area contributed by atoms with E-state index in [0.29, 0.717) is 19.4 Å². The molecule has 0 amide bonds. The maximum Gasteiger partial charge on any atom is 0.309 e. The molecule has 0 aromatic heterocycles. The molecule has 1 saturated heterocycles. The maximum absolute atomic E-state index is 13.4. The second kappa shape index (κ2) is 6.88. The summed E-state index contributed by atoms with van der Waals surface area (Å²) in [6.45, 7) is 4.19. The molecule has 1 aliphatic heterocycles. The summed E-state index contributed by atoms with van der Waals surface area (Å²) in [5.74, 6) is -0.917. The summed E-state index contributed by atoms with van der Waals surface area (Å²) in [6, 6.07) is 4.89. The summed E-state index contributed by atoms with van der Waals surface area (Å²) < 4.78 is 14.1. The van der Waals surface area contributed by atoms with E-state index in [1.807, 2.05) is 13.0 Å². The van der Waals surface area contributed by atoms with E-state index in [2.05, 4.69) is 20.8 Å². The number of hydrogen-bond donors (Lipinski definition) is 1. The van der Waals surface area contributed by atoms with Crippen LogP contribution in [0, 0.1) is 11.2 Å². The monoisotopic (exact) mass is 357 g/mol. The minimum Gasteiger partial charge on any atom is -0.481 e. The van der Waals surface area contributed by atoms with Crippen molar-refractivity contribution in [3.05, 3.63) is 34.1 Å². The van der Waals surface area contributed by atoms with E-state index < -0.39 is 11.4 Å². The molecule has 0 bridgehead atoms. The van der Waals surface area contributed by atoms with E-state index >= 15 is 0 Å². The quantitative estimate of drug-likeness (QED) is 0.863. The molecule has 2 rings (SSSR count). The number of rotatable bonds is 5. The Bertz CT molecular complexity index is 493. The minimum atomic E-state index is -0.669. The second-order valence-electron chi connectivity index (χ2n) is 5.89. The molecule has 1 aromatic carbocycles. The van der Waals surface area contributed by atoms with Gasteiger partial charge in [-0.1, -0.05) is 29.3 Å². The number of piperidine rings is 1.